The number of fused-ring (bicyclic) bond motifs is 2. The number of aliphatic hydroxyl groups excluding tert-OH is 1. The van der Waals surface area contributed by atoms with Gasteiger partial charge in [-0.1, -0.05) is 76.2 Å². The van der Waals surface area contributed by atoms with Gasteiger partial charge in [-0.2, -0.15) is 0 Å². The molecule has 2 aromatic carbocycles. The van der Waals surface area contributed by atoms with Crippen molar-refractivity contribution in [3.05, 3.63) is 70.8 Å². The molecule has 8 nitrogen and oxygen atoms in total. The van der Waals surface area contributed by atoms with E-state index in [0.717, 1.165) is 35.3 Å². The number of benzene rings is 2. The van der Waals surface area contributed by atoms with Gasteiger partial charge in [-0.05, 0) is 53.2 Å². The summed E-state index contributed by atoms with van der Waals surface area (Å²) in [5.74, 6) is -0.911. The maximum Gasteiger partial charge on any atom is 0.303 e. The van der Waals surface area contributed by atoms with Crippen LogP contribution in [0.4, 0.5) is 0 Å². The summed E-state index contributed by atoms with van der Waals surface area (Å²) >= 11 is 0. The third kappa shape index (κ3) is 7.85. The van der Waals surface area contributed by atoms with Crippen LogP contribution in [0.1, 0.15) is 101 Å². The fourth-order valence-corrected chi connectivity index (χ4v) is 7.83. The summed E-state index contributed by atoms with van der Waals surface area (Å²) in [6, 6.07) is 16.6. The van der Waals surface area contributed by atoms with E-state index in [4.69, 9.17) is 14.6 Å². The van der Waals surface area contributed by atoms with Crippen molar-refractivity contribution in [2.24, 2.45) is 16.7 Å². The molecule has 8 heteroatoms. The third-order valence-corrected chi connectivity index (χ3v) is 9.60. The summed E-state index contributed by atoms with van der Waals surface area (Å²) in [6.45, 7) is 11.8. The Morgan fingerprint density at radius 3 is 2.30 bits per heavy atom. The van der Waals surface area contributed by atoms with Crippen LogP contribution in [0.25, 0.3) is 0 Å². The van der Waals surface area contributed by atoms with Crippen LogP contribution in [0.2, 0.25) is 0 Å². The van der Waals surface area contributed by atoms with E-state index < -0.39 is 12.3 Å². The zero-order valence-electron chi connectivity index (χ0n) is 26.1. The van der Waals surface area contributed by atoms with E-state index in [0.29, 0.717) is 29.8 Å². The van der Waals surface area contributed by atoms with Gasteiger partial charge in [-0.15, -0.1) is 0 Å². The molecule has 5 rings (SSSR count). The highest BCUT2D eigenvalue weighted by atomic mass is 16.7. The molecule has 3 fully saturated rings. The Kier molecular flexibility index (Phi) is 9.61. The summed E-state index contributed by atoms with van der Waals surface area (Å²) in [7, 11) is 0. The number of nitrogens with one attached hydrogen (secondary N) is 1. The summed E-state index contributed by atoms with van der Waals surface area (Å²) < 4.78 is 13.4. The lowest BCUT2D eigenvalue weighted by Crippen LogP contribution is -2.46. The molecule has 1 saturated carbocycles. The van der Waals surface area contributed by atoms with E-state index in [-0.39, 0.29) is 43.5 Å². The summed E-state index contributed by atoms with van der Waals surface area (Å²) in [4.78, 5) is 25.5. The van der Waals surface area contributed by atoms with Gasteiger partial charge in [0.25, 0.3) is 0 Å². The minimum atomic E-state index is -0.891. The lowest BCUT2D eigenvalue weighted by Gasteiger charge is -2.43. The number of carboxylic acid groups (broad SMARTS) is 1. The number of amides is 1. The SMILES string of the molecule is CC1C(CN2CC3(C)CC2CC(C)(C)C3)OC(c2ccc(CNC(=O)CCCC(=O)O)cc2)OC1c1ccc(CO)cc1. The number of carboxylic acids is 1. The number of aliphatic hydroxyl groups is 1. The highest BCUT2D eigenvalue weighted by Gasteiger charge is 2.51. The Balaban J connectivity index is 1.30. The molecule has 2 heterocycles. The van der Waals surface area contributed by atoms with Crippen LogP contribution in [0.5, 0.6) is 0 Å². The van der Waals surface area contributed by atoms with E-state index in [2.05, 4.69) is 50.0 Å². The molecular weight excluding hydrogens is 544 g/mol. The topological polar surface area (TPSA) is 108 Å². The summed E-state index contributed by atoms with van der Waals surface area (Å²) in [6.07, 6.45) is 3.54. The van der Waals surface area contributed by atoms with Gasteiger partial charge in [0.15, 0.2) is 6.29 Å². The van der Waals surface area contributed by atoms with Gasteiger partial charge in [0, 0.05) is 50.0 Å². The van der Waals surface area contributed by atoms with Crippen LogP contribution in [0.15, 0.2) is 48.5 Å². The normalized spacial score (nSPS) is 30.2. The fourth-order valence-electron chi connectivity index (χ4n) is 7.83. The van der Waals surface area contributed by atoms with E-state index >= 15 is 0 Å². The molecule has 1 amide bonds. The van der Waals surface area contributed by atoms with Gasteiger partial charge in [0.2, 0.25) is 5.91 Å². The van der Waals surface area contributed by atoms with Gasteiger partial charge < -0.3 is 25.0 Å². The van der Waals surface area contributed by atoms with Crippen LogP contribution in [-0.4, -0.2) is 52.2 Å². The summed E-state index contributed by atoms with van der Waals surface area (Å²) in [5.41, 5.74) is 4.54. The van der Waals surface area contributed by atoms with Crippen molar-refractivity contribution in [3.8, 4) is 0 Å². The molecule has 3 N–H and O–H groups in total. The van der Waals surface area contributed by atoms with Gasteiger partial charge in [0.1, 0.15) is 0 Å². The number of carbonyl (C=O) groups is 2. The fraction of sp³-hybridized carbons (Fsp3) is 0.600. The average Bonchev–Trinajstić information content (AvgIpc) is 3.20. The molecule has 234 valence electrons. The lowest BCUT2D eigenvalue weighted by molar-refractivity contribution is -0.276. The zero-order chi connectivity index (χ0) is 30.8. The highest BCUT2D eigenvalue weighted by Crippen LogP contribution is 2.53. The van der Waals surface area contributed by atoms with Crippen LogP contribution < -0.4 is 5.32 Å². The third-order valence-electron chi connectivity index (χ3n) is 9.60. The molecule has 0 aromatic heterocycles. The largest absolute Gasteiger partial charge is 0.481 e. The van der Waals surface area contributed by atoms with Crippen LogP contribution >= 0.6 is 0 Å². The Bertz CT molecular complexity index is 1260. The minimum Gasteiger partial charge on any atom is -0.481 e. The van der Waals surface area contributed by atoms with Crippen molar-refractivity contribution in [2.45, 2.75) is 104 Å². The molecule has 2 aromatic rings. The first-order valence-corrected chi connectivity index (χ1v) is 15.8. The number of nitrogens with zero attached hydrogens (tertiary/aromatic N) is 1. The maximum atomic E-state index is 12.1. The average molecular weight is 593 g/mol. The molecule has 2 saturated heterocycles. The quantitative estimate of drug-likeness (QED) is 0.305. The van der Waals surface area contributed by atoms with Crippen molar-refractivity contribution >= 4 is 11.9 Å². The Hall–Kier alpha value is -2.78. The second-order valence-corrected chi connectivity index (χ2v) is 14.2. The van der Waals surface area contributed by atoms with E-state index in [9.17, 15) is 14.7 Å². The number of aliphatic carboxylic acids is 1. The van der Waals surface area contributed by atoms with Crippen LogP contribution in [0.3, 0.4) is 0 Å². The first kappa shape index (κ1) is 31.6. The van der Waals surface area contributed by atoms with Crippen molar-refractivity contribution in [3.63, 3.8) is 0 Å². The van der Waals surface area contributed by atoms with E-state index in [1.807, 2.05) is 36.4 Å². The van der Waals surface area contributed by atoms with Gasteiger partial charge in [-0.3, -0.25) is 14.5 Å². The van der Waals surface area contributed by atoms with Crippen LogP contribution in [-0.2, 0) is 32.2 Å². The second-order valence-electron chi connectivity index (χ2n) is 14.2. The predicted octanol–water partition coefficient (Wildman–Crippen LogP) is 5.74. The molecule has 2 bridgehead atoms. The molecule has 1 aliphatic carbocycles. The first-order chi connectivity index (χ1) is 20.4. The van der Waals surface area contributed by atoms with E-state index in [1.54, 1.807) is 0 Å². The van der Waals surface area contributed by atoms with Gasteiger partial charge >= 0.3 is 5.97 Å². The Morgan fingerprint density at radius 1 is 0.953 bits per heavy atom. The molecular formula is C35H48N2O6. The predicted molar refractivity (Wildman–Crippen MR) is 164 cm³/mol. The lowest BCUT2D eigenvalue weighted by atomic mass is 9.65. The zero-order valence-corrected chi connectivity index (χ0v) is 26.1. The maximum absolute atomic E-state index is 12.1. The van der Waals surface area contributed by atoms with Gasteiger partial charge in [-0.25, -0.2) is 0 Å². The van der Waals surface area contributed by atoms with Crippen molar-refractivity contribution < 1.29 is 29.3 Å². The summed E-state index contributed by atoms with van der Waals surface area (Å²) in [5, 5.41) is 21.2. The smallest absolute Gasteiger partial charge is 0.303 e. The monoisotopic (exact) mass is 592 g/mol. The second kappa shape index (κ2) is 13.1. The first-order valence-electron chi connectivity index (χ1n) is 15.8. The highest BCUT2D eigenvalue weighted by molar-refractivity contribution is 5.76. The van der Waals surface area contributed by atoms with Crippen molar-refractivity contribution in [1.82, 2.24) is 10.2 Å². The van der Waals surface area contributed by atoms with Crippen LogP contribution in [0, 0.1) is 16.7 Å². The Morgan fingerprint density at radius 2 is 1.63 bits per heavy atom. The van der Waals surface area contributed by atoms with Crippen molar-refractivity contribution in [2.75, 3.05) is 13.1 Å². The number of likely N-dealkylation sites (tertiary alicyclic amines) is 1. The molecule has 0 radical (unpaired) electrons. The number of rotatable bonds is 11. The number of carbonyl (C=O) groups excluding carboxylic acids is 1. The number of hydrogen-bond acceptors (Lipinski definition) is 6. The molecule has 6 atom stereocenters. The van der Waals surface area contributed by atoms with Gasteiger partial charge in [0.05, 0.1) is 18.8 Å². The number of ether oxygens (including phenoxy) is 2. The molecule has 3 aliphatic rings. The molecule has 2 aliphatic heterocycles. The molecule has 0 spiro atoms. The number of hydrogen-bond donors (Lipinski definition) is 3. The standard InChI is InChI=1S/C35H48N2O6/c1-23-29(19-37-22-35(4)17-28(37)16-34(2,3)21-35)42-33(43-32(23)26-12-10-25(20-38)11-13-26)27-14-8-24(9-15-27)18-36-30(39)6-5-7-31(40)41/h8-15,23,28-29,32-33,38H,5-7,16-22H2,1-4H3,(H,36,39)(H,40,41). The molecule has 43 heavy (non-hydrogen) atoms. The van der Waals surface area contributed by atoms with E-state index in [1.165, 1.54) is 19.3 Å². The van der Waals surface area contributed by atoms with Crippen molar-refractivity contribution in [1.29, 1.82) is 0 Å². The molecule has 6 unspecified atom stereocenters. The Labute approximate surface area is 255 Å². The minimum absolute atomic E-state index is 0.00852.